The fraction of sp³-hybridized carbons (Fsp3) is 0.429. The van der Waals surface area contributed by atoms with Crippen LogP contribution in [0.2, 0.25) is 0 Å². The monoisotopic (exact) mass is 276 g/mol. The molecule has 1 aromatic heterocycles. The number of aliphatic hydroxyl groups is 1. The average Bonchev–Trinajstić information content (AvgIpc) is 2.99. The van der Waals surface area contributed by atoms with E-state index in [1.165, 1.54) is 0 Å². The third kappa shape index (κ3) is 2.39. The minimum absolute atomic E-state index is 0.249. The van der Waals surface area contributed by atoms with Crippen molar-refractivity contribution in [3.63, 3.8) is 0 Å². The molecule has 0 radical (unpaired) electrons. The van der Waals surface area contributed by atoms with Gasteiger partial charge in [0.1, 0.15) is 11.4 Å². The lowest BCUT2D eigenvalue weighted by atomic mass is 9.94. The van der Waals surface area contributed by atoms with Crippen LogP contribution in [0, 0.1) is 0 Å². The molecule has 2 aromatic rings. The van der Waals surface area contributed by atoms with Gasteiger partial charge in [-0.2, -0.15) is 4.98 Å². The Morgan fingerprint density at radius 2 is 2.10 bits per heavy atom. The van der Waals surface area contributed by atoms with Crippen LogP contribution in [-0.4, -0.2) is 35.6 Å². The predicted molar refractivity (Wildman–Crippen MR) is 70.2 cm³/mol. The van der Waals surface area contributed by atoms with Crippen molar-refractivity contribution in [2.75, 3.05) is 20.3 Å². The van der Waals surface area contributed by atoms with E-state index in [1.54, 1.807) is 7.11 Å². The fourth-order valence-electron chi connectivity index (χ4n) is 2.21. The molecule has 0 bridgehead atoms. The number of hydrogen-bond acceptors (Lipinski definition) is 6. The van der Waals surface area contributed by atoms with Crippen molar-refractivity contribution in [2.45, 2.75) is 18.4 Å². The standard InChI is InChI=1S/C14H16N2O4/c1-18-11-4-2-3-10(9-11)12-15-13(20-16-12)14(17)5-7-19-8-6-14/h2-4,9,17H,5-8H2,1H3. The zero-order valence-electron chi connectivity index (χ0n) is 11.2. The number of nitrogens with zero attached hydrogens (tertiary/aromatic N) is 2. The second kappa shape index (κ2) is 5.22. The maximum atomic E-state index is 10.5. The molecule has 0 aliphatic carbocycles. The van der Waals surface area contributed by atoms with E-state index in [9.17, 15) is 5.11 Å². The first-order valence-corrected chi connectivity index (χ1v) is 6.50. The van der Waals surface area contributed by atoms with Gasteiger partial charge in [0.15, 0.2) is 0 Å². The zero-order valence-corrected chi connectivity index (χ0v) is 11.2. The van der Waals surface area contributed by atoms with Crippen molar-refractivity contribution >= 4 is 0 Å². The lowest BCUT2D eigenvalue weighted by Crippen LogP contribution is -2.33. The van der Waals surface area contributed by atoms with Crippen molar-refractivity contribution in [1.29, 1.82) is 0 Å². The van der Waals surface area contributed by atoms with E-state index in [4.69, 9.17) is 14.0 Å². The maximum Gasteiger partial charge on any atom is 0.259 e. The van der Waals surface area contributed by atoms with Gasteiger partial charge in [-0.15, -0.1) is 0 Å². The molecule has 3 rings (SSSR count). The van der Waals surface area contributed by atoms with E-state index >= 15 is 0 Å². The van der Waals surface area contributed by atoms with Crippen LogP contribution in [0.15, 0.2) is 28.8 Å². The first-order valence-electron chi connectivity index (χ1n) is 6.50. The fourth-order valence-corrected chi connectivity index (χ4v) is 2.21. The molecule has 2 heterocycles. The Morgan fingerprint density at radius 1 is 1.30 bits per heavy atom. The topological polar surface area (TPSA) is 77.6 Å². The van der Waals surface area contributed by atoms with Gasteiger partial charge in [-0.1, -0.05) is 17.3 Å². The van der Waals surface area contributed by atoms with Gasteiger partial charge < -0.3 is 19.1 Å². The molecule has 0 amide bonds. The van der Waals surface area contributed by atoms with Crippen LogP contribution in [0.1, 0.15) is 18.7 Å². The molecule has 6 nitrogen and oxygen atoms in total. The quantitative estimate of drug-likeness (QED) is 0.920. The highest BCUT2D eigenvalue weighted by Crippen LogP contribution is 2.32. The van der Waals surface area contributed by atoms with Crippen molar-refractivity contribution in [3.8, 4) is 17.1 Å². The number of benzene rings is 1. The second-order valence-corrected chi connectivity index (χ2v) is 4.80. The van der Waals surface area contributed by atoms with Crippen LogP contribution >= 0.6 is 0 Å². The van der Waals surface area contributed by atoms with E-state index in [0.29, 0.717) is 31.9 Å². The molecule has 0 unspecified atom stereocenters. The molecule has 1 aliphatic rings. The molecule has 0 saturated carbocycles. The SMILES string of the molecule is COc1cccc(-c2noc(C3(O)CCOCC3)n2)c1. The van der Waals surface area contributed by atoms with Gasteiger partial charge in [0.2, 0.25) is 5.82 Å². The zero-order chi connectivity index (χ0) is 14.0. The highest BCUT2D eigenvalue weighted by Gasteiger charge is 2.37. The summed E-state index contributed by atoms with van der Waals surface area (Å²) in [4.78, 5) is 4.31. The normalized spacial score (nSPS) is 17.9. The summed E-state index contributed by atoms with van der Waals surface area (Å²) < 4.78 is 15.6. The summed E-state index contributed by atoms with van der Waals surface area (Å²) in [6.07, 6.45) is 0.930. The third-order valence-electron chi connectivity index (χ3n) is 3.47. The Morgan fingerprint density at radius 3 is 2.85 bits per heavy atom. The van der Waals surface area contributed by atoms with Crippen LogP contribution in [0.3, 0.4) is 0 Å². The Bertz CT molecular complexity index is 590. The molecule has 1 N–H and O–H groups in total. The molecule has 1 fully saturated rings. The number of aromatic nitrogens is 2. The first kappa shape index (κ1) is 13.1. The lowest BCUT2D eigenvalue weighted by molar-refractivity contribution is -0.0856. The minimum Gasteiger partial charge on any atom is -0.497 e. The second-order valence-electron chi connectivity index (χ2n) is 4.80. The van der Waals surface area contributed by atoms with Crippen LogP contribution < -0.4 is 4.74 Å². The smallest absolute Gasteiger partial charge is 0.259 e. The Balaban J connectivity index is 1.89. The van der Waals surface area contributed by atoms with Gasteiger partial charge in [0, 0.05) is 31.6 Å². The molecule has 1 aliphatic heterocycles. The predicted octanol–water partition coefficient (Wildman–Crippen LogP) is 1.74. The van der Waals surface area contributed by atoms with Gasteiger partial charge in [-0.25, -0.2) is 0 Å². The Hall–Kier alpha value is -1.92. The maximum absolute atomic E-state index is 10.5. The van der Waals surface area contributed by atoms with E-state index in [1.807, 2.05) is 24.3 Å². The van der Waals surface area contributed by atoms with Crippen molar-refractivity contribution in [2.24, 2.45) is 0 Å². The average molecular weight is 276 g/mol. The number of hydrogen-bond donors (Lipinski definition) is 1. The molecule has 1 aromatic carbocycles. The summed E-state index contributed by atoms with van der Waals surface area (Å²) in [6.45, 7) is 0.987. The first-order chi connectivity index (χ1) is 9.71. The van der Waals surface area contributed by atoms with Gasteiger partial charge in [0.05, 0.1) is 7.11 Å². The minimum atomic E-state index is -1.08. The van der Waals surface area contributed by atoms with Crippen LogP contribution in [0.25, 0.3) is 11.4 Å². The third-order valence-corrected chi connectivity index (χ3v) is 3.47. The van der Waals surface area contributed by atoms with Gasteiger partial charge in [-0.3, -0.25) is 0 Å². The summed E-state index contributed by atoms with van der Waals surface area (Å²) >= 11 is 0. The van der Waals surface area contributed by atoms with E-state index in [-0.39, 0.29) is 5.89 Å². The van der Waals surface area contributed by atoms with Crippen molar-refractivity contribution < 1.29 is 19.1 Å². The molecule has 0 spiro atoms. The van der Waals surface area contributed by atoms with Gasteiger partial charge in [0.25, 0.3) is 5.89 Å². The van der Waals surface area contributed by atoms with Crippen molar-refractivity contribution in [1.82, 2.24) is 10.1 Å². The summed E-state index contributed by atoms with van der Waals surface area (Å²) in [5.41, 5.74) is -0.294. The molecule has 0 atom stereocenters. The van der Waals surface area contributed by atoms with E-state index in [2.05, 4.69) is 10.1 Å². The highest BCUT2D eigenvalue weighted by atomic mass is 16.5. The molecular weight excluding hydrogens is 260 g/mol. The molecule has 6 heteroatoms. The van der Waals surface area contributed by atoms with Crippen LogP contribution in [0.5, 0.6) is 5.75 Å². The van der Waals surface area contributed by atoms with Crippen molar-refractivity contribution in [3.05, 3.63) is 30.2 Å². The van der Waals surface area contributed by atoms with Crippen LogP contribution in [0.4, 0.5) is 0 Å². The molecular formula is C14H16N2O4. The molecule has 106 valence electrons. The number of ether oxygens (including phenoxy) is 2. The van der Waals surface area contributed by atoms with E-state index in [0.717, 1.165) is 11.3 Å². The highest BCUT2D eigenvalue weighted by molar-refractivity contribution is 5.56. The lowest BCUT2D eigenvalue weighted by Gasteiger charge is -2.27. The van der Waals surface area contributed by atoms with E-state index < -0.39 is 5.60 Å². The number of methoxy groups -OCH3 is 1. The van der Waals surface area contributed by atoms with Gasteiger partial charge >= 0.3 is 0 Å². The molecule has 1 saturated heterocycles. The molecule has 20 heavy (non-hydrogen) atoms. The van der Waals surface area contributed by atoms with Crippen LogP contribution in [-0.2, 0) is 10.3 Å². The largest absolute Gasteiger partial charge is 0.497 e. The van der Waals surface area contributed by atoms with Gasteiger partial charge in [-0.05, 0) is 12.1 Å². The summed E-state index contributed by atoms with van der Waals surface area (Å²) in [5, 5.41) is 14.4. The summed E-state index contributed by atoms with van der Waals surface area (Å²) in [5.74, 6) is 1.41. The Kier molecular flexibility index (Phi) is 3.42. The number of rotatable bonds is 3. The summed E-state index contributed by atoms with van der Waals surface area (Å²) in [7, 11) is 1.60. The Labute approximate surface area is 116 Å². The summed E-state index contributed by atoms with van der Waals surface area (Å²) in [6, 6.07) is 7.39.